The van der Waals surface area contributed by atoms with Gasteiger partial charge >= 0.3 is 0 Å². The molecule has 3 aromatic rings. The summed E-state index contributed by atoms with van der Waals surface area (Å²) in [6, 6.07) is 23.8. The fourth-order valence-corrected chi connectivity index (χ4v) is 4.08. The van der Waals surface area contributed by atoms with Crippen LogP contribution in [0, 0.1) is 5.92 Å². The Balaban J connectivity index is 2.29. The van der Waals surface area contributed by atoms with Gasteiger partial charge in [-0.05, 0) is 58.4 Å². The Morgan fingerprint density at radius 3 is 1.19 bits per heavy atom. The van der Waals surface area contributed by atoms with Gasteiger partial charge in [0.25, 0.3) is 0 Å². The zero-order valence-electron chi connectivity index (χ0n) is 16.5. The highest BCUT2D eigenvalue weighted by Gasteiger charge is 2.39. The highest BCUT2D eigenvalue weighted by Crippen LogP contribution is 2.46. The molecule has 2 heteroatoms. The van der Waals surface area contributed by atoms with Crippen LogP contribution in [0.3, 0.4) is 0 Å². The van der Waals surface area contributed by atoms with Gasteiger partial charge in [-0.15, -0.1) is 0 Å². The van der Waals surface area contributed by atoms with Crippen LogP contribution in [-0.2, 0) is 5.41 Å². The second-order valence-electron chi connectivity index (χ2n) is 7.83. The topological polar surface area (TPSA) is 40.5 Å². The molecule has 140 valence electrons. The van der Waals surface area contributed by atoms with Crippen LogP contribution in [0.5, 0.6) is 11.5 Å². The van der Waals surface area contributed by atoms with E-state index in [4.69, 9.17) is 0 Å². The first kappa shape index (κ1) is 19.0. The Hall–Kier alpha value is -2.74. The molecule has 0 spiro atoms. The van der Waals surface area contributed by atoms with Gasteiger partial charge < -0.3 is 10.2 Å². The first-order chi connectivity index (χ1) is 12.9. The molecule has 0 aromatic heterocycles. The van der Waals surface area contributed by atoms with Gasteiger partial charge in [-0.25, -0.2) is 0 Å². The minimum atomic E-state index is -0.378. The van der Waals surface area contributed by atoms with E-state index in [1.54, 1.807) is 24.3 Å². The van der Waals surface area contributed by atoms with Gasteiger partial charge in [0.05, 0.1) is 0 Å². The van der Waals surface area contributed by atoms with Crippen molar-refractivity contribution < 1.29 is 10.2 Å². The molecule has 0 atom stereocenters. The molecule has 3 aromatic carbocycles. The summed E-state index contributed by atoms with van der Waals surface area (Å²) in [7, 11) is 0. The van der Waals surface area contributed by atoms with Crippen LogP contribution in [0.25, 0.3) is 0 Å². The lowest BCUT2D eigenvalue weighted by Gasteiger charge is -2.40. The van der Waals surface area contributed by atoms with E-state index in [-0.39, 0.29) is 22.8 Å². The lowest BCUT2D eigenvalue weighted by molar-refractivity contribution is 0.433. The lowest BCUT2D eigenvalue weighted by atomic mass is 9.62. The van der Waals surface area contributed by atoms with Crippen molar-refractivity contribution in [2.24, 2.45) is 5.92 Å². The zero-order valence-corrected chi connectivity index (χ0v) is 16.5. The van der Waals surface area contributed by atoms with E-state index in [0.29, 0.717) is 5.92 Å². The molecular formula is C25H28O2. The largest absolute Gasteiger partial charge is 0.508 e. The summed E-state index contributed by atoms with van der Waals surface area (Å²) in [6.07, 6.45) is 0. The standard InChI is InChI=1S/C25H28O2/c1-17(2)19-5-7-20(8-6-19)25(18(3)4,21-9-13-23(26)14-10-21)22-11-15-24(27)16-12-22/h5-18,26-27H,1-4H3. The summed E-state index contributed by atoms with van der Waals surface area (Å²) in [4.78, 5) is 0. The third-order valence-electron chi connectivity index (χ3n) is 5.54. The van der Waals surface area contributed by atoms with E-state index in [1.807, 2.05) is 24.3 Å². The van der Waals surface area contributed by atoms with E-state index in [9.17, 15) is 10.2 Å². The minimum Gasteiger partial charge on any atom is -0.508 e. The number of aromatic hydroxyl groups is 2. The summed E-state index contributed by atoms with van der Waals surface area (Å²) in [5, 5.41) is 19.6. The summed E-state index contributed by atoms with van der Waals surface area (Å²) in [5.74, 6) is 1.26. The third-order valence-corrected chi connectivity index (χ3v) is 5.54. The molecule has 0 amide bonds. The predicted molar refractivity (Wildman–Crippen MR) is 111 cm³/mol. The Kier molecular flexibility index (Phi) is 5.27. The maximum absolute atomic E-state index is 9.80. The molecule has 2 nitrogen and oxygen atoms in total. The molecule has 0 aliphatic rings. The van der Waals surface area contributed by atoms with Crippen LogP contribution in [0.1, 0.15) is 55.9 Å². The van der Waals surface area contributed by atoms with E-state index in [0.717, 1.165) is 11.1 Å². The van der Waals surface area contributed by atoms with Crippen LogP contribution in [0.15, 0.2) is 72.8 Å². The van der Waals surface area contributed by atoms with Crippen molar-refractivity contribution in [3.05, 3.63) is 95.1 Å². The smallest absolute Gasteiger partial charge is 0.115 e. The van der Waals surface area contributed by atoms with Crippen molar-refractivity contribution >= 4 is 0 Å². The molecule has 3 rings (SSSR count). The van der Waals surface area contributed by atoms with Crippen molar-refractivity contribution in [1.82, 2.24) is 0 Å². The normalized spacial score (nSPS) is 11.9. The second-order valence-corrected chi connectivity index (χ2v) is 7.83. The maximum Gasteiger partial charge on any atom is 0.115 e. The Labute approximate surface area is 162 Å². The third kappa shape index (κ3) is 3.44. The number of phenols is 2. The van der Waals surface area contributed by atoms with Gasteiger partial charge in [-0.3, -0.25) is 0 Å². The van der Waals surface area contributed by atoms with Crippen LogP contribution < -0.4 is 0 Å². The van der Waals surface area contributed by atoms with E-state index >= 15 is 0 Å². The van der Waals surface area contributed by atoms with Crippen molar-refractivity contribution in [3.63, 3.8) is 0 Å². The molecule has 0 saturated carbocycles. The molecule has 0 fully saturated rings. The lowest BCUT2D eigenvalue weighted by Crippen LogP contribution is -2.35. The number of phenolic OH excluding ortho intramolecular Hbond substituents is 2. The number of rotatable bonds is 5. The maximum atomic E-state index is 9.80. The highest BCUT2D eigenvalue weighted by atomic mass is 16.3. The van der Waals surface area contributed by atoms with Gasteiger partial charge in [0.1, 0.15) is 11.5 Å². The summed E-state index contributed by atoms with van der Waals surface area (Å²) >= 11 is 0. The average molecular weight is 360 g/mol. The molecule has 0 heterocycles. The van der Waals surface area contributed by atoms with Crippen LogP contribution >= 0.6 is 0 Å². The van der Waals surface area contributed by atoms with E-state index < -0.39 is 0 Å². The number of hydrogen-bond donors (Lipinski definition) is 2. The van der Waals surface area contributed by atoms with Gasteiger partial charge in [-0.1, -0.05) is 76.2 Å². The summed E-state index contributed by atoms with van der Waals surface area (Å²) in [5.41, 5.74) is 4.39. The second kappa shape index (κ2) is 7.48. The first-order valence-electron chi connectivity index (χ1n) is 9.55. The number of hydrogen-bond acceptors (Lipinski definition) is 2. The molecular weight excluding hydrogens is 332 g/mol. The molecule has 0 aliphatic heterocycles. The van der Waals surface area contributed by atoms with Crippen LogP contribution in [0.2, 0.25) is 0 Å². The zero-order chi connectivity index (χ0) is 19.6. The van der Waals surface area contributed by atoms with Crippen molar-refractivity contribution in [2.45, 2.75) is 39.0 Å². The first-order valence-corrected chi connectivity index (χ1v) is 9.55. The summed E-state index contributed by atoms with van der Waals surface area (Å²) < 4.78 is 0. The summed E-state index contributed by atoms with van der Waals surface area (Å²) in [6.45, 7) is 8.83. The monoisotopic (exact) mass is 360 g/mol. The Morgan fingerprint density at radius 1 is 0.556 bits per heavy atom. The molecule has 0 saturated heterocycles. The molecule has 0 aliphatic carbocycles. The SMILES string of the molecule is CC(C)c1ccc(C(c2ccc(O)cc2)(c2ccc(O)cc2)C(C)C)cc1. The molecule has 0 bridgehead atoms. The fraction of sp³-hybridized carbons (Fsp3) is 0.280. The van der Waals surface area contributed by atoms with Crippen molar-refractivity contribution in [1.29, 1.82) is 0 Å². The van der Waals surface area contributed by atoms with Gasteiger partial charge in [-0.2, -0.15) is 0 Å². The fourth-order valence-electron chi connectivity index (χ4n) is 4.08. The molecule has 0 unspecified atom stereocenters. The minimum absolute atomic E-state index is 0.261. The van der Waals surface area contributed by atoms with Gasteiger partial charge in [0.2, 0.25) is 0 Å². The van der Waals surface area contributed by atoms with Crippen LogP contribution in [-0.4, -0.2) is 10.2 Å². The Morgan fingerprint density at radius 2 is 0.889 bits per heavy atom. The van der Waals surface area contributed by atoms with E-state index in [2.05, 4.69) is 52.0 Å². The van der Waals surface area contributed by atoms with E-state index in [1.165, 1.54) is 11.1 Å². The number of benzene rings is 3. The highest BCUT2D eigenvalue weighted by molar-refractivity contribution is 5.53. The van der Waals surface area contributed by atoms with Crippen molar-refractivity contribution in [3.8, 4) is 11.5 Å². The van der Waals surface area contributed by atoms with Crippen LogP contribution in [0.4, 0.5) is 0 Å². The Bertz CT molecular complexity index is 828. The predicted octanol–water partition coefficient (Wildman–Crippen LogP) is 6.21. The molecule has 0 radical (unpaired) electrons. The van der Waals surface area contributed by atoms with Gasteiger partial charge in [0.15, 0.2) is 0 Å². The quantitative estimate of drug-likeness (QED) is 0.531. The average Bonchev–Trinajstić information content (AvgIpc) is 2.65. The van der Waals surface area contributed by atoms with Crippen molar-refractivity contribution in [2.75, 3.05) is 0 Å². The molecule has 27 heavy (non-hydrogen) atoms. The van der Waals surface area contributed by atoms with Gasteiger partial charge in [0, 0.05) is 5.41 Å². The molecule has 2 N–H and O–H groups in total.